The summed E-state index contributed by atoms with van der Waals surface area (Å²) >= 11 is 0.926. The van der Waals surface area contributed by atoms with E-state index in [2.05, 4.69) is 4.98 Å². The molecule has 0 aliphatic heterocycles. The summed E-state index contributed by atoms with van der Waals surface area (Å²) in [6.07, 6.45) is -3.07. The fourth-order valence-electron chi connectivity index (χ4n) is 3.05. The highest BCUT2D eigenvalue weighted by molar-refractivity contribution is 7.99. The number of ether oxygens (including phenoxy) is 1. The Morgan fingerprint density at radius 3 is 2.53 bits per heavy atom. The van der Waals surface area contributed by atoms with E-state index in [1.807, 2.05) is 0 Å². The maximum atomic E-state index is 13.9. The van der Waals surface area contributed by atoms with Crippen LogP contribution in [0.3, 0.4) is 0 Å². The van der Waals surface area contributed by atoms with Crippen LogP contribution >= 0.6 is 11.8 Å². The van der Waals surface area contributed by atoms with E-state index in [4.69, 9.17) is 4.74 Å². The van der Waals surface area contributed by atoms with Gasteiger partial charge in [0.15, 0.2) is 16.7 Å². The second-order valence-corrected chi connectivity index (χ2v) is 7.94. The summed E-state index contributed by atoms with van der Waals surface area (Å²) in [4.78, 5) is 18.0. The third-order valence-corrected chi connectivity index (χ3v) is 5.59. The number of rotatable bonds is 8. The number of carbonyl (C=O) groups is 1. The van der Waals surface area contributed by atoms with Crippen molar-refractivity contribution in [3.63, 3.8) is 0 Å². The first kappa shape index (κ1) is 23.6. The lowest BCUT2D eigenvalue weighted by molar-refractivity contribution is -0.141. The lowest BCUT2D eigenvalue weighted by Crippen LogP contribution is -2.28. The maximum absolute atomic E-state index is 13.9. The molecule has 0 unspecified atom stereocenters. The first-order valence-electron chi connectivity index (χ1n) is 9.55. The molecule has 32 heavy (non-hydrogen) atoms. The summed E-state index contributed by atoms with van der Waals surface area (Å²) < 4.78 is 59.3. The van der Waals surface area contributed by atoms with Crippen LogP contribution in [-0.4, -0.2) is 46.4 Å². The van der Waals surface area contributed by atoms with Gasteiger partial charge in [-0.1, -0.05) is 48.2 Å². The van der Waals surface area contributed by atoms with Crippen LogP contribution < -0.4 is 4.74 Å². The number of methoxy groups -OCH3 is 1. The Labute approximate surface area is 187 Å². The van der Waals surface area contributed by atoms with Crippen molar-refractivity contribution in [1.29, 1.82) is 0 Å². The van der Waals surface area contributed by atoms with E-state index in [1.165, 1.54) is 30.3 Å². The molecule has 0 atom stereocenters. The van der Waals surface area contributed by atoms with Crippen LogP contribution in [0.5, 0.6) is 5.75 Å². The number of alkyl halides is 3. The van der Waals surface area contributed by atoms with E-state index in [0.717, 1.165) is 16.3 Å². The molecule has 1 heterocycles. The molecule has 2 aromatic carbocycles. The van der Waals surface area contributed by atoms with Gasteiger partial charge in [-0.15, -0.1) is 0 Å². The molecule has 0 aliphatic carbocycles. The molecule has 0 aliphatic rings. The Balaban J connectivity index is 1.71. The topological polar surface area (TPSA) is 47.4 Å². The SMILES string of the molecule is COc1ccc(CN(C)C(=O)CSc2ncc(-c3ccccc3)n2CC(F)(F)F)cc1F. The van der Waals surface area contributed by atoms with Gasteiger partial charge in [-0.2, -0.15) is 13.2 Å². The summed E-state index contributed by atoms with van der Waals surface area (Å²) in [5.41, 5.74) is 1.48. The minimum absolute atomic E-state index is 0.0958. The average Bonchev–Trinajstić information content (AvgIpc) is 3.13. The van der Waals surface area contributed by atoms with Crippen LogP contribution in [0.15, 0.2) is 59.9 Å². The van der Waals surface area contributed by atoms with Gasteiger partial charge in [0.05, 0.1) is 24.8 Å². The van der Waals surface area contributed by atoms with Crippen molar-refractivity contribution in [2.75, 3.05) is 19.9 Å². The highest BCUT2D eigenvalue weighted by Crippen LogP contribution is 2.30. The van der Waals surface area contributed by atoms with E-state index >= 15 is 0 Å². The number of benzene rings is 2. The van der Waals surface area contributed by atoms with Crippen LogP contribution in [0.1, 0.15) is 5.56 Å². The molecule has 0 saturated heterocycles. The maximum Gasteiger partial charge on any atom is 0.406 e. The molecule has 10 heteroatoms. The predicted octanol–water partition coefficient (Wildman–Crippen LogP) is 5.01. The van der Waals surface area contributed by atoms with Crippen molar-refractivity contribution in [2.24, 2.45) is 0 Å². The van der Waals surface area contributed by atoms with Crippen LogP contribution in [0.2, 0.25) is 0 Å². The fourth-order valence-corrected chi connectivity index (χ4v) is 3.97. The Hall–Kier alpha value is -3.01. The molecule has 1 aromatic heterocycles. The second-order valence-electron chi connectivity index (χ2n) is 7.00. The largest absolute Gasteiger partial charge is 0.494 e. The molecule has 170 valence electrons. The number of hydrogen-bond donors (Lipinski definition) is 0. The van der Waals surface area contributed by atoms with Crippen LogP contribution in [0.4, 0.5) is 17.6 Å². The lowest BCUT2D eigenvalue weighted by atomic mass is 10.2. The molecule has 5 nitrogen and oxygen atoms in total. The van der Waals surface area contributed by atoms with Gasteiger partial charge in [0.1, 0.15) is 6.54 Å². The molecule has 0 saturated carbocycles. The Bertz CT molecular complexity index is 1070. The zero-order chi connectivity index (χ0) is 23.3. The fraction of sp³-hybridized carbons (Fsp3) is 0.273. The summed E-state index contributed by atoms with van der Waals surface area (Å²) in [6.45, 7) is -1.07. The molecule has 1 amide bonds. The molecule has 3 rings (SSSR count). The van der Waals surface area contributed by atoms with Gasteiger partial charge >= 0.3 is 6.18 Å². The van der Waals surface area contributed by atoms with Crippen molar-refractivity contribution in [3.8, 4) is 17.0 Å². The standard InChI is InChI=1S/C22H21F4N3O2S/c1-28(12-15-8-9-19(31-2)17(23)10-15)20(30)13-32-21-27-11-18(16-6-4-3-5-7-16)29(21)14-22(24,25)26/h3-11H,12-14H2,1-2H3. The molecule has 0 N–H and O–H groups in total. The number of hydrogen-bond acceptors (Lipinski definition) is 4. The minimum Gasteiger partial charge on any atom is -0.494 e. The Kier molecular flexibility index (Phi) is 7.44. The van der Waals surface area contributed by atoms with Gasteiger partial charge in [-0.05, 0) is 23.3 Å². The summed E-state index contributed by atoms with van der Waals surface area (Å²) in [7, 11) is 2.90. The summed E-state index contributed by atoms with van der Waals surface area (Å²) in [6, 6.07) is 13.0. The summed E-state index contributed by atoms with van der Waals surface area (Å²) in [5.74, 6) is -0.876. The highest BCUT2D eigenvalue weighted by atomic mass is 32.2. The van der Waals surface area contributed by atoms with Gasteiger partial charge in [-0.25, -0.2) is 9.37 Å². The third-order valence-electron chi connectivity index (χ3n) is 4.61. The number of nitrogens with zero attached hydrogens (tertiary/aromatic N) is 3. The van der Waals surface area contributed by atoms with Crippen molar-refractivity contribution >= 4 is 17.7 Å². The Morgan fingerprint density at radius 2 is 1.91 bits per heavy atom. The number of carbonyl (C=O) groups excluding carboxylic acids is 1. The Morgan fingerprint density at radius 1 is 1.19 bits per heavy atom. The van der Waals surface area contributed by atoms with Gasteiger partial charge in [0.2, 0.25) is 5.91 Å². The van der Waals surface area contributed by atoms with Gasteiger partial charge in [0, 0.05) is 13.6 Å². The van der Waals surface area contributed by atoms with Crippen LogP contribution in [-0.2, 0) is 17.9 Å². The van der Waals surface area contributed by atoms with E-state index < -0.39 is 18.5 Å². The number of aromatic nitrogens is 2. The predicted molar refractivity (Wildman–Crippen MR) is 114 cm³/mol. The zero-order valence-electron chi connectivity index (χ0n) is 17.4. The normalized spacial score (nSPS) is 11.4. The first-order chi connectivity index (χ1) is 15.2. The molecule has 0 fully saturated rings. The van der Waals surface area contributed by atoms with E-state index in [1.54, 1.807) is 43.4 Å². The van der Waals surface area contributed by atoms with E-state index in [9.17, 15) is 22.4 Å². The van der Waals surface area contributed by atoms with Gasteiger partial charge < -0.3 is 14.2 Å². The molecule has 3 aromatic rings. The van der Waals surface area contributed by atoms with E-state index in [0.29, 0.717) is 16.8 Å². The third kappa shape index (κ3) is 6.03. The molecular formula is C22H21F4N3O2S. The number of halogens is 4. The van der Waals surface area contributed by atoms with Crippen molar-refractivity contribution in [3.05, 3.63) is 66.1 Å². The minimum atomic E-state index is -4.45. The number of imidazole rings is 1. The van der Waals surface area contributed by atoms with Crippen molar-refractivity contribution < 1.29 is 27.1 Å². The van der Waals surface area contributed by atoms with E-state index in [-0.39, 0.29) is 29.1 Å². The van der Waals surface area contributed by atoms with Crippen LogP contribution in [0, 0.1) is 5.82 Å². The average molecular weight is 467 g/mol. The monoisotopic (exact) mass is 467 g/mol. The second kappa shape index (κ2) is 10.1. The van der Waals surface area contributed by atoms with Gasteiger partial charge in [0.25, 0.3) is 0 Å². The number of amides is 1. The molecule has 0 radical (unpaired) electrons. The van der Waals surface area contributed by atoms with Crippen molar-refractivity contribution in [2.45, 2.75) is 24.4 Å². The molecule has 0 spiro atoms. The van der Waals surface area contributed by atoms with Gasteiger partial charge in [-0.3, -0.25) is 4.79 Å². The molecule has 0 bridgehead atoms. The molecular weight excluding hydrogens is 446 g/mol. The summed E-state index contributed by atoms with van der Waals surface area (Å²) in [5, 5.41) is 0.0958. The number of thioether (sulfide) groups is 1. The lowest BCUT2D eigenvalue weighted by Gasteiger charge is -2.18. The smallest absolute Gasteiger partial charge is 0.406 e. The quantitative estimate of drug-likeness (QED) is 0.345. The first-order valence-corrected chi connectivity index (χ1v) is 10.5. The van der Waals surface area contributed by atoms with Crippen molar-refractivity contribution in [1.82, 2.24) is 14.5 Å². The zero-order valence-corrected chi connectivity index (χ0v) is 18.2. The van der Waals surface area contributed by atoms with Crippen LogP contribution in [0.25, 0.3) is 11.3 Å². The highest BCUT2D eigenvalue weighted by Gasteiger charge is 2.31.